The van der Waals surface area contributed by atoms with E-state index in [0.717, 1.165) is 5.56 Å². The van der Waals surface area contributed by atoms with Gasteiger partial charge in [0.25, 0.3) is 5.91 Å². The van der Waals surface area contributed by atoms with Crippen molar-refractivity contribution in [3.8, 4) is 17.2 Å². The van der Waals surface area contributed by atoms with Gasteiger partial charge in [0.05, 0.1) is 19.4 Å². The molecule has 2 aromatic rings. The minimum atomic E-state index is -0.331. The molecule has 2 rings (SSSR count). The molecule has 0 radical (unpaired) electrons. The van der Waals surface area contributed by atoms with Crippen LogP contribution in [0.15, 0.2) is 36.4 Å². The highest BCUT2D eigenvalue weighted by atomic mass is 16.5. The number of nitrogens with one attached hydrogen (secondary N) is 1. The van der Waals surface area contributed by atoms with E-state index >= 15 is 0 Å². The number of carbonyl (C=O) groups is 1. The van der Waals surface area contributed by atoms with E-state index in [1.165, 1.54) is 0 Å². The Morgan fingerprint density at radius 2 is 1.95 bits per heavy atom. The quantitative estimate of drug-likeness (QED) is 0.831. The number of benzene rings is 2. The Balaban J connectivity index is 2.23. The summed E-state index contributed by atoms with van der Waals surface area (Å²) in [7, 11) is 1.54. The second kappa shape index (κ2) is 6.85. The second-order valence-corrected chi connectivity index (χ2v) is 4.77. The maximum absolute atomic E-state index is 12.3. The molecule has 5 heteroatoms. The van der Waals surface area contributed by atoms with Crippen molar-refractivity contribution in [2.75, 3.05) is 19.0 Å². The van der Waals surface area contributed by atoms with Gasteiger partial charge in [0, 0.05) is 5.56 Å². The molecule has 5 nitrogen and oxygen atoms in total. The van der Waals surface area contributed by atoms with Crippen molar-refractivity contribution in [1.82, 2.24) is 0 Å². The van der Waals surface area contributed by atoms with Crippen molar-refractivity contribution in [1.29, 1.82) is 0 Å². The number of carbonyl (C=O) groups excluding carboxylic acids is 1. The van der Waals surface area contributed by atoms with Crippen LogP contribution in [0.1, 0.15) is 22.8 Å². The number of aryl methyl sites for hydroxylation is 1. The van der Waals surface area contributed by atoms with Gasteiger partial charge in [0.2, 0.25) is 0 Å². The van der Waals surface area contributed by atoms with Crippen LogP contribution in [-0.2, 0) is 0 Å². The van der Waals surface area contributed by atoms with Gasteiger partial charge in [0.1, 0.15) is 5.75 Å². The fourth-order valence-corrected chi connectivity index (χ4v) is 2.03. The lowest BCUT2D eigenvalue weighted by Gasteiger charge is -2.12. The van der Waals surface area contributed by atoms with E-state index in [2.05, 4.69) is 5.32 Å². The molecule has 0 aromatic heterocycles. The van der Waals surface area contributed by atoms with Crippen LogP contribution in [0.3, 0.4) is 0 Å². The van der Waals surface area contributed by atoms with Crippen LogP contribution in [0.4, 0.5) is 5.69 Å². The number of hydrogen-bond acceptors (Lipinski definition) is 4. The minimum Gasteiger partial charge on any atom is -0.506 e. The Labute approximate surface area is 129 Å². The molecule has 2 N–H and O–H groups in total. The molecule has 0 saturated heterocycles. The first-order chi connectivity index (χ1) is 10.5. The topological polar surface area (TPSA) is 67.8 Å². The van der Waals surface area contributed by atoms with Crippen LogP contribution >= 0.6 is 0 Å². The van der Waals surface area contributed by atoms with Crippen molar-refractivity contribution in [3.05, 3.63) is 47.5 Å². The van der Waals surface area contributed by atoms with Gasteiger partial charge in [-0.1, -0.05) is 6.07 Å². The summed E-state index contributed by atoms with van der Waals surface area (Å²) in [5.41, 5.74) is 1.70. The van der Waals surface area contributed by atoms with Gasteiger partial charge in [-0.05, 0) is 49.7 Å². The van der Waals surface area contributed by atoms with Crippen molar-refractivity contribution < 1.29 is 19.4 Å². The summed E-state index contributed by atoms with van der Waals surface area (Å²) >= 11 is 0. The zero-order valence-electron chi connectivity index (χ0n) is 12.8. The third-order valence-electron chi connectivity index (χ3n) is 3.13. The third-order valence-corrected chi connectivity index (χ3v) is 3.13. The molecule has 1 amide bonds. The molecule has 0 unspecified atom stereocenters. The highest BCUT2D eigenvalue weighted by Gasteiger charge is 2.13. The van der Waals surface area contributed by atoms with Crippen LogP contribution < -0.4 is 14.8 Å². The molecule has 0 spiro atoms. The smallest absolute Gasteiger partial charge is 0.255 e. The van der Waals surface area contributed by atoms with E-state index in [-0.39, 0.29) is 11.7 Å². The average molecular weight is 301 g/mol. The molecule has 22 heavy (non-hydrogen) atoms. The Hall–Kier alpha value is -2.69. The van der Waals surface area contributed by atoms with Gasteiger partial charge in [-0.3, -0.25) is 4.79 Å². The molecule has 0 aliphatic heterocycles. The SMILES string of the molecule is CCOc1cc(C(=O)Nc2ccc(C)cc2O)ccc1OC. The van der Waals surface area contributed by atoms with E-state index in [1.807, 2.05) is 19.9 Å². The molecule has 116 valence electrons. The maximum Gasteiger partial charge on any atom is 0.255 e. The van der Waals surface area contributed by atoms with Crippen LogP contribution in [-0.4, -0.2) is 24.7 Å². The van der Waals surface area contributed by atoms with Crippen LogP contribution in [0, 0.1) is 6.92 Å². The molecule has 2 aromatic carbocycles. The molecule has 0 atom stereocenters. The molecule has 0 aliphatic rings. The predicted octanol–water partition coefficient (Wildman–Crippen LogP) is 3.36. The standard InChI is InChI=1S/C17H19NO4/c1-4-22-16-10-12(6-8-15(16)21-3)17(20)18-13-7-5-11(2)9-14(13)19/h5-10,19H,4H2,1-3H3,(H,18,20). The van der Waals surface area contributed by atoms with E-state index < -0.39 is 0 Å². The lowest BCUT2D eigenvalue weighted by molar-refractivity contribution is 0.102. The number of methoxy groups -OCH3 is 1. The van der Waals surface area contributed by atoms with Crippen molar-refractivity contribution in [2.24, 2.45) is 0 Å². The summed E-state index contributed by atoms with van der Waals surface area (Å²) in [6.07, 6.45) is 0. The number of anilines is 1. The van der Waals surface area contributed by atoms with Crippen LogP contribution in [0.5, 0.6) is 17.2 Å². The summed E-state index contributed by atoms with van der Waals surface area (Å²) < 4.78 is 10.6. The van der Waals surface area contributed by atoms with Crippen molar-refractivity contribution >= 4 is 11.6 Å². The van der Waals surface area contributed by atoms with Crippen molar-refractivity contribution in [3.63, 3.8) is 0 Å². The summed E-state index contributed by atoms with van der Waals surface area (Å²) in [6, 6.07) is 10.00. The van der Waals surface area contributed by atoms with Gasteiger partial charge in [-0.15, -0.1) is 0 Å². The van der Waals surface area contributed by atoms with Gasteiger partial charge >= 0.3 is 0 Å². The molecular weight excluding hydrogens is 282 g/mol. The van der Waals surface area contributed by atoms with Gasteiger partial charge in [-0.2, -0.15) is 0 Å². The summed E-state index contributed by atoms with van der Waals surface area (Å²) in [5.74, 6) is 0.775. The number of aromatic hydroxyl groups is 1. The highest BCUT2D eigenvalue weighted by molar-refractivity contribution is 6.05. The first-order valence-electron chi connectivity index (χ1n) is 6.97. The number of phenolic OH excluding ortho intramolecular Hbond substituents is 1. The monoisotopic (exact) mass is 301 g/mol. The molecule has 0 fully saturated rings. The summed E-state index contributed by atoms with van der Waals surface area (Å²) in [4.78, 5) is 12.3. The Bertz CT molecular complexity index is 682. The fourth-order valence-electron chi connectivity index (χ4n) is 2.03. The Morgan fingerprint density at radius 3 is 2.59 bits per heavy atom. The predicted molar refractivity (Wildman–Crippen MR) is 85.0 cm³/mol. The van der Waals surface area contributed by atoms with E-state index in [4.69, 9.17) is 9.47 Å². The highest BCUT2D eigenvalue weighted by Crippen LogP contribution is 2.29. The number of hydrogen-bond donors (Lipinski definition) is 2. The largest absolute Gasteiger partial charge is 0.506 e. The van der Waals surface area contributed by atoms with Gasteiger partial charge < -0.3 is 19.9 Å². The minimum absolute atomic E-state index is 0.0342. The molecular formula is C17H19NO4. The third kappa shape index (κ3) is 3.49. The zero-order chi connectivity index (χ0) is 16.1. The number of phenols is 1. The summed E-state index contributed by atoms with van der Waals surface area (Å²) in [6.45, 7) is 4.19. The molecule has 0 heterocycles. The van der Waals surface area contributed by atoms with E-state index in [9.17, 15) is 9.90 Å². The zero-order valence-corrected chi connectivity index (χ0v) is 12.8. The Morgan fingerprint density at radius 1 is 1.18 bits per heavy atom. The second-order valence-electron chi connectivity index (χ2n) is 4.77. The van der Waals surface area contributed by atoms with Gasteiger partial charge in [-0.25, -0.2) is 0 Å². The van der Waals surface area contributed by atoms with E-state index in [1.54, 1.807) is 37.4 Å². The van der Waals surface area contributed by atoms with Crippen molar-refractivity contribution in [2.45, 2.75) is 13.8 Å². The number of amides is 1. The lowest BCUT2D eigenvalue weighted by Crippen LogP contribution is -2.12. The lowest BCUT2D eigenvalue weighted by atomic mass is 10.1. The van der Waals surface area contributed by atoms with Crippen LogP contribution in [0.2, 0.25) is 0 Å². The average Bonchev–Trinajstić information content (AvgIpc) is 2.50. The first-order valence-corrected chi connectivity index (χ1v) is 6.97. The Kier molecular flexibility index (Phi) is 4.88. The normalized spacial score (nSPS) is 10.1. The molecule has 0 bridgehead atoms. The summed E-state index contributed by atoms with van der Waals surface area (Å²) in [5, 5.41) is 12.5. The number of ether oxygens (including phenoxy) is 2. The maximum atomic E-state index is 12.3. The molecule has 0 aliphatic carbocycles. The number of rotatable bonds is 5. The van der Waals surface area contributed by atoms with E-state index in [0.29, 0.717) is 29.4 Å². The first kappa shape index (κ1) is 15.7. The van der Waals surface area contributed by atoms with Crippen LogP contribution in [0.25, 0.3) is 0 Å². The van der Waals surface area contributed by atoms with Gasteiger partial charge in [0.15, 0.2) is 11.5 Å². The fraction of sp³-hybridized carbons (Fsp3) is 0.235. The molecule has 0 saturated carbocycles.